The topological polar surface area (TPSA) is 96.2 Å². The molecule has 21 heavy (non-hydrogen) atoms. The van der Waals surface area contributed by atoms with E-state index in [1.54, 1.807) is 0 Å². The molecule has 0 aromatic heterocycles. The first-order valence-corrected chi connectivity index (χ1v) is 6.50. The Hall–Kier alpha value is -1.68. The maximum Gasteiger partial charge on any atom is 0.337 e. The average molecular weight is 315 g/mol. The van der Waals surface area contributed by atoms with Gasteiger partial charge in [0.15, 0.2) is 0 Å². The highest BCUT2D eigenvalue weighted by molar-refractivity contribution is 6.92. The van der Waals surface area contributed by atoms with Gasteiger partial charge in [0.25, 0.3) is 0 Å². The zero-order valence-corrected chi connectivity index (χ0v) is 13.7. The molecule has 7 heteroatoms. The molecule has 0 fully saturated rings. The Labute approximate surface area is 127 Å². The van der Waals surface area contributed by atoms with Crippen LogP contribution in [0.15, 0.2) is 29.0 Å². The molecule has 0 aromatic rings. The lowest BCUT2D eigenvalue weighted by atomic mass is 9.78. The lowest BCUT2D eigenvalue weighted by molar-refractivity contribution is -0.142. The zero-order chi connectivity index (χ0) is 15.2. The number of unbranched alkanes of at least 4 members (excludes halogenated alkanes) is 2. The van der Waals surface area contributed by atoms with E-state index in [0.29, 0.717) is 6.61 Å². The standard InChI is InChI=1S/C14H19NO5.H3P/c1-3-4-5-9-20-15-11-10(12(16)17)7-6-8-14(11,2)13(18)19;/h6-8H,3-5,9H2,1-2H3,(H,16,17)(H,18,19);1H3. The quantitative estimate of drug-likeness (QED) is 0.427. The van der Waals surface area contributed by atoms with Gasteiger partial charge in [-0.1, -0.05) is 37.1 Å². The van der Waals surface area contributed by atoms with Crippen LogP contribution in [-0.4, -0.2) is 34.5 Å². The molecule has 2 N–H and O–H groups in total. The summed E-state index contributed by atoms with van der Waals surface area (Å²) in [7, 11) is 0. The SMILES string of the molecule is CCCCCON=C1C(C(=O)O)=CC=CC1(C)C(=O)O.P. The molecule has 0 heterocycles. The van der Waals surface area contributed by atoms with Crippen molar-refractivity contribution in [1.29, 1.82) is 0 Å². The number of oxime groups is 1. The van der Waals surface area contributed by atoms with E-state index in [9.17, 15) is 14.7 Å². The molecule has 2 unspecified atom stereocenters. The zero-order valence-electron chi connectivity index (χ0n) is 12.3. The normalized spacial score (nSPS) is 22.4. The Kier molecular flexibility index (Phi) is 7.89. The fourth-order valence-electron chi connectivity index (χ4n) is 1.79. The van der Waals surface area contributed by atoms with Gasteiger partial charge in [0.05, 0.1) is 5.57 Å². The van der Waals surface area contributed by atoms with Crippen molar-refractivity contribution in [3.05, 3.63) is 23.8 Å². The highest BCUT2D eigenvalue weighted by Gasteiger charge is 2.42. The second-order valence-electron chi connectivity index (χ2n) is 4.73. The third kappa shape index (κ3) is 4.67. The summed E-state index contributed by atoms with van der Waals surface area (Å²) in [6.45, 7) is 3.78. The molecule has 0 amide bonds. The minimum Gasteiger partial charge on any atom is -0.480 e. The molecular weight excluding hydrogens is 293 g/mol. The van der Waals surface area contributed by atoms with Crippen LogP contribution in [0.4, 0.5) is 0 Å². The largest absolute Gasteiger partial charge is 0.480 e. The third-order valence-corrected chi connectivity index (χ3v) is 3.11. The second kappa shape index (κ2) is 8.57. The summed E-state index contributed by atoms with van der Waals surface area (Å²) in [5.74, 6) is -2.39. The van der Waals surface area contributed by atoms with Gasteiger partial charge in [-0.05, 0) is 19.4 Å². The monoisotopic (exact) mass is 315 g/mol. The molecule has 1 aliphatic carbocycles. The number of nitrogens with zero attached hydrogens (tertiary/aromatic N) is 1. The number of rotatable bonds is 7. The summed E-state index contributed by atoms with van der Waals surface area (Å²) in [5.41, 5.74) is -1.74. The maximum atomic E-state index is 11.4. The maximum absolute atomic E-state index is 11.4. The van der Waals surface area contributed by atoms with Crippen molar-refractivity contribution in [3.8, 4) is 0 Å². The van der Waals surface area contributed by atoms with Crippen LogP contribution in [0.25, 0.3) is 0 Å². The Morgan fingerprint density at radius 2 is 2.00 bits per heavy atom. The molecule has 0 spiro atoms. The van der Waals surface area contributed by atoms with Crippen LogP contribution in [0.2, 0.25) is 0 Å². The average Bonchev–Trinajstić information content (AvgIpc) is 2.39. The van der Waals surface area contributed by atoms with Gasteiger partial charge in [-0.2, -0.15) is 9.90 Å². The van der Waals surface area contributed by atoms with Gasteiger partial charge in [-0.15, -0.1) is 0 Å². The molecule has 0 aliphatic heterocycles. The van der Waals surface area contributed by atoms with Crippen molar-refractivity contribution in [2.75, 3.05) is 6.61 Å². The van der Waals surface area contributed by atoms with E-state index < -0.39 is 17.4 Å². The van der Waals surface area contributed by atoms with Gasteiger partial charge < -0.3 is 15.1 Å². The number of hydrogen-bond acceptors (Lipinski definition) is 4. The van der Waals surface area contributed by atoms with E-state index in [2.05, 4.69) is 5.16 Å². The lowest BCUT2D eigenvalue weighted by Crippen LogP contribution is -2.39. The fourth-order valence-corrected chi connectivity index (χ4v) is 1.79. The first-order valence-electron chi connectivity index (χ1n) is 6.50. The number of carbonyl (C=O) groups is 2. The number of carboxylic acids is 2. The molecule has 1 rings (SSSR count). The smallest absolute Gasteiger partial charge is 0.337 e. The molecule has 0 saturated carbocycles. The number of carboxylic acid groups (broad SMARTS) is 2. The van der Waals surface area contributed by atoms with Gasteiger partial charge >= 0.3 is 11.9 Å². The second-order valence-corrected chi connectivity index (χ2v) is 4.73. The predicted molar refractivity (Wildman–Crippen MR) is 84.6 cm³/mol. The van der Waals surface area contributed by atoms with E-state index in [1.807, 2.05) is 6.92 Å². The van der Waals surface area contributed by atoms with Crippen LogP contribution in [0.3, 0.4) is 0 Å². The first kappa shape index (κ1) is 19.3. The van der Waals surface area contributed by atoms with Crippen LogP contribution in [0.5, 0.6) is 0 Å². The molecule has 118 valence electrons. The van der Waals surface area contributed by atoms with E-state index in [1.165, 1.54) is 25.2 Å². The van der Waals surface area contributed by atoms with Crippen LogP contribution in [-0.2, 0) is 14.4 Å². The molecule has 1 aliphatic rings. The van der Waals surface area contributed by atoms with Gasteiger partial charge in [0, 0.05) is 0 Å². The number of aliphatic carboxylic acids is 2. The molecule has 0 bridgehead atoms. The van der Waals surface area contributed by atoms with Crippen molar-refractivity contribution in [1.82, 2.24) is 0 Å². The highest BCUT2D eigenvalue weighted by atomic mass is 31.0. The number of hydrogen-bond donors (Lipinski definition) is 2. The van der Waals surface area contributed by atoms with Gasteiger partial charge in [0.1, 0.15) is 17.7 Å². The van der Waals surface area contributed by atoms with Crippen LogP contribution in [0.1, 0.15) is 33.1 Å². The third-order valence-electron chi connectivity index (χ3n) is 3.11. The molecule has 0 radical (unpaired) electrons. The summed E-state index contributed by atoms with van der Waals surface area (Å²) in [5, 5.41) is 22.2. The van der Waals surface area contributed by atoms with E-state index in [4.69, 9.17) is 9.94 Å². The van der Waals surface area contributed by atoms with Crippen LogP contribution < -0.4 is 0 Å². The van der Waals surface area contributed by atoms with Crippen molar-refractivity contribution >= 4 is 27.5 Å². The Morgan fingerprint density at radius 3 is 2.52 bits per heavy atom. The van der Waals surface area contributed by atoms with E-state index in [0.717, 1.165) is 19.3 Å². The Balaban J connectivity index is 0.00000400. The number of allylic oxidation sites excluding steroid dienone is 2. The summed E-state index contributed by atoms with van der Waals surface area (Å²) < 4.78 is 0. The Morgan fingerprint density at radius 1 is 1.33 bits per heavy atom. The minimum atomic E-state index is -1.49. The molecule has 0 aromatic carbocycles. The molecular formula is C14H22NO5P. The van der Waals surface area contributed by atoms with Gasteiger partial charge in [0.2, 0.25) is 0 Å². The van der Waals surface area contributed by atoms with E-state index >= 15 is 0 Å². The fraction of sp³-hybridized carbons (Fsp3) is 0.500. The summed E-state index contributed by atoms with van der Waals surface area (Å²) in [4.78, 5) is 27.6. The first-order chi connectivity index (χ1) is 9.43. The minimum absolute atomic E-state index is 0. The van der Waals surface area contributed by atoms with Crippen molar-refractivity contribution < 1.29 is 24.6 Å². The lowest BCUT2D eigenvalue weighted by Gasteiger charge is -2.25. The summed E-state index contributed by atoms with van der Waals surface area (Å²) in [6.07, 6.45) is 6.92. The summed E-state index contributed by atoms with van der Waals surface area (Å²) >= 11 is 0. The molecule has 2 atom stereocenters. The molecule has 6 nitrogen and oxygen atoms in total. The predicted octanol–water partition coefficient (Wildman–Crippen LogP) is 2.28. The van der Waals surface area contributed by atoms with Crippen LogP contribution in [0, 0.1) is 5.41 Å². The molecule has 0 saturated heterocycles. The van der Waals surface area contributed by atoms with E-state index in [-0.39, 0.29) is 21.2 Å². The van der Waals surface area contributed by atoms with Crippen molar-refractivity contribution in [2.24, 2.45) is 10.6 Å². The van der Waals surface area contributed by atoms with Gasteiger partial charge in [-0.25, -0.2) is 4.79 Å². The summed E-state index contributed by atoms with van der Waals surface area (Å²) in [6, 6.07) is 0. The van der Waals surface area contributed by atoms with Crippen molar-refractivity contribution in [2.45, 2.75) is 33.1 Å². The van der Waals surface area contributed by atoms with Crippen LogP contribution >= 0.6 is 9.90 Å². The van der Waals surface area contributed by atoms with Gasteiger partial charge in [-0.3, -0.25) is 4.79 Å². The van der Waals surface area contributed by atoms with Crippen molar-refractivity contribution in [3.63, 3.8) is 0 Å². The Bertz CT molecular complexity index is 484. The highest BCUT2D eigenvalue weighted by Crippen LogP contribution is 2.29.